The molecule has 1 N–H and O–H groups in total. The number of amides is 1. The molecule has 2 aromatic heterocycles. The Morgan fingerprint density at radius 3 is 2.72 bits per heavy atom. The lowest BCUT2D eigenvalue weighted by Gasteiger charge is -2.18. The third-order valence-electron chi connectivity index (χ3n) is 1.90. The number of carbonyl (C=O) groups is 1. The van der Waals surface area contributed by atoms with E-state index in [9.17, 15) is 4.79 Å². The molecular weight excluding hydrogens is 234 g/mol. The predicted octanol–water partition coefficient (Wildman–Crippen LogP) is 1.05. The average Bonchev–Trinajstić information content (AvgIpc) is 2.77. The van der Waals surface area contributed by atoms with Crippen LogP contribution in [-0.4, -0.2) is 31.6 Å². The molecular formula is C11H13N5O2. The summed E-state index contributed by atoms with van der Waals surface area (Å²) in [5, 5.41) is 6.42. The maximum atomic E-state index is 11.8. The van der Waals surface area contributed by atoms with Gasteiger partial charge in [0.15, 0.2) is 0 Å². The Kier molecular flexibility index (Phi) is 3.05. The van der Waals surface area contributed by atoms with Crippen molar-refractivity contribution in [2.45, 2.75) is 26.3 Å². The summed E-state index contributed by atoms with van der Waals surface area (Å²) in [5.74, 6) is -0.266. The fourth-order valence-corrected chi connectivity index (χ4v) is 1.23. The van der Waals surface area contributed by atoms with Crippen molar-refractivity contribution >= 4 is 5.91 Å². The zero-order chi connectivity index (χ0) is 13.2. The van der Waals surface area contributed by atoms with Crippen molar-refractivity contribution in [1.29, 1.82) is 0 Å². The van der Waals surface area contributed by atoms with E-state index in [-0.39, 0.29) is 17.3 Å². The van der Waals surface area contributed by atoms with E-state index in [4.69, 9.17) is 4.52 Å². The van der Waals surface area contributed by atoms with E-state index in [1.165, 1.54) is 18.6 Å². The van der Waals surface area contributed by atoms with Crippen LogP contribution in [0.2, 0.25) is 0 Å². The van der Waals surface area contributed by atoms with Gasteiger partial charge in [-0.3, -0.25) is 9.78 Å². The Morgan fingerprint density at radius 1 is 1.33 bits per heavy atom. The van der Waals surface area contributed by atoms with Gasteiger partial charge in [-0.1, -0.05) is 5.16 Å². The molecule has 0 aliphatic heterocycles. The van der Waals surface area contributed by atoms with Crippen molar-refractivity contribution < 1.29 is 9.32 Å². The number of aromatic nitrogens is 4. The van der Waals surface area contributed by atoms with Crippen molar-refractivity contribution in [3.05, 3.63) is 24.5 Å². The van der Waals surface area contributed by atoms with E-state index in [1.807, 2.05) is 20.8 Å². The number of carbonyl (C=O) groups excluding carboxylic acids is 1. The van der Waals surface area contributed by atoms with E-state index in [0.29, 0.717) is 5.69 Å². The lowest BCUT2D eigenvalue weighted by molar-refractivity contribution is 0.0874. The summed E-state index contributed by atoms with van der Waals surface area (Å²) in [6, 6.07) is 0. The molecule has 2 rings (SSSR count). The second-order valence-electron chi connectivity index (χ2n) is 4.72. The first-order valence-corrected chi connectivity index (χ1v) is 5.38. The van der Waals surface area contributed by atoms with Crippen molar-refractivity contribution in [2.24, 2.45) is 0 Å². The fourth-order valence-electron chi connectivity index (χ4n) is 1.23. The van der Waals surface area contributed by atoms with Crippen LogP contribution in [0.5, 0.6) is 0 Å². The van der Waals surface area contributed by atoms with Gasteiger partial charge in [0.2, 0.25) is 5.82 Å². The lowest BCUT2D eigenvalue weighted by atomic mass is 10.1. The molecule has 0 saturated carbocycles. The molecule has 7 heteroatoms. The minimum absolute atomic E-state index is 0.0921. The molecule has 0 bridgehead atoms. The maximum Gasteiger partial charge on any atom is 0.316 e. The molecule has 2 heterocycles. The van der Waals surface area contributed by atoms with Crippen LogP contribution < -0.4 is 5.32 Å². The van der Waals surface area contributed by atoms with Gasteiger partial charge in [0, 0.05) is 17.9 Å². The molecule has 0 aromatic carbocycles. The van der Waals surface area contributed by atoms with Crippen LogP contribution in [-0.2, 0) is 0 Å². The molecule has 0 radical (unpaired) electrons. The van der Waals surface area contributed by atoms with Crippen molar-refractivity contribution in [2.75, 3.05) is 0 Å². The summed E-state index contributed by atoms with van der Waals surface area (Å²) in [5.41, 5.74) is 0.0919. The standard InChI is InChI=1S/C11H13N5O2/c1-11(2,3)15-9(17)10-14-8(16-18-10)7-6-12-4-5-13-7/h4-6H,1-3H3,(H,15,17). The average molecular weight is 247 g/mol. The molecule has 0 atom stereocenters. The van der Waals surface area contributed by atoms with Crippen LogP contribution in [0.15, 0.2) is 23.1 Å². The van der Waals surface area contributed by atoms with Gasteiger partial charge in [-0.05, 0) is 20.8 Å². The second-order valence-corrected chi connectivity index (χ2v) is 4.72. The molecule has 94 valence electrons. The molecule has 2 aromatic rings. The molecule has 0 aliphatic carbocycles. The zero-order valence-corrected chi connectivity index (χ0v) is 10.3. The topological polar surface area (TPSA) is 93.8 Å². The highest BCUT2D eigenvalue weighted by atomic mass is 16.5. The molecule has 0 spiro atoms. The molecule has 0 saturated heterocycles. The largest absolute Gasteiger partial charge is 0.343 e. The summed E-state index contributed by atoms with van der Waals surface area (Å²) in [7, 11) is 0. The third kappa shape index (κ3) is 2.88. The van der Waals surface area contributed by atoms with Crippen molar-refractivity contribution in [3.63, 3.8) is 0 Å². The van der Waals surface area contributed by atoms with Gasteiger partial charge < -0.3 is 9.84 Å². The van der Waals surface area contributed by atoms with Crippen LogP contribution in [0.1, 0.15) is 31.5 Å². The van der Waals surface area contributed by atoms with Gasteiger partial charge in [0.1, 0.15) is 5.69 Å². The van der Waals surface area contributed by atoms with Gasteiger partial charge in [0.05, 0.1) is 6.20 Å². The molecule has 18 heavy (non-hydrogen) atoms. The van der Waals surface area contributed by atoms with Crippen LogP contribution in [0.3, 0.4) is 0 Å². The van der Waals surface area contributed by atoms with Crippen molar-refractivity contribution in [1.82, 2.24) is 25.4 Å². The molecule has 0 aliphatic rings. The summed E-state index contributed by atoms with van der Waals surface area (Å²) in [4.78, 5) is 23.6. The third-order valence-corrected chi connectivity index (χ3v) is 1.90. The highest BCUT2D eigenvalue weighted by molar-refractivity contribution is 5.90. The summed E-state index contributed by atoms with van der Waals surface area (Å²) < 4.78 is 4.89. The number of nitrogens with zero attached hydrogens (tertiary/aromatic N) is 4. The molecule has 0 unspecified atom stereocenters. The van der Waals surface area contributed by atoms with E-state index in [2.05, 4.69) is 25.4 Å². The summed E-state index contributed by atoms with van der Waals surface area (Å²) in [6.07, 6.45) is 4.55. The van der Waals surface area contributed by atoms with Crippen LogP contribution in [0.25, 0.3) is 11.5 Å². The monoisotopic (exact) mass is 247 g/mol. The Morgan fingerprint density at radius 2 is 2.11 bits per heavy atom. The van der Waals surface area contributed by atoms with Gasteiger partial charge >= 0.3 is 11.8 Å². The first-order valence-electron chi connectivity index (χ1n) is 5.38. The Hall–Kier alpha value is -2.31. The lowest BCUT2D eigenvalue weighted by Crippen LogP contribution is -2.40. The van der Waals surface area contributed by atoms with Crippen LogP contribution >= 0.6 is 0 Å². The van der Waals surface area contributed by atoms with E-state index >= 15 is 0 Å². The van der Waals surface area contributed by atoms with Crippen LogP contribution in [0.4, 0.5) is 0 Å². The summed E-state index contributed by atoms with van der Waals surface area (Å²) >= 11 is 0. The number of hydrogen-bond donors (Lipinski definition) is 1. The van der Waals surface area contributed by atoms with E-state index in [1.54, 1.807) is 0 Å². The van der Waals surface area contributed by atoms with E-state index < -0.39 is 5.91 Å². The summed E-state index contributed by atoms with van der Waals surface area (Å²) in [6.45, 7) is 5.60. The highest BCUT2D eigenvalue weighted by Gasteiger charge is 2.21. The van der Waals surface area contributed by atoms with Crippen LogP contribution in [0, 0.1) is 0 Å². The molecule has 1 amide bonds. The second kappa shape index (κ2) is 4.52. The zero-order valence-electron chi connectivity index (χ0n) is 10.3. The van der Waals surface area contributed by atoms with Gasteiger partial charge in [0.25, 0.3) is 0 Å². The van der Waals surface area contributed by atoms with Gasteiger partial charge in [-0.25, -0.2) is 4.98 Å². The maximum absolute atomic E-state index is 11.8. The Bertz CT molecular complexity index is 544. The normalized spacial score (nSPS) is 11.3. The quantitative estimate of drug-likeness (QED) is 0.852. The minimum atomic E-state index is -0.412. The number of hydrogen-bond acceptors (Lipinski definition) is 6. The highest BCUT2D eigenvalue weighted by Crippen LogP contribution is 2.11. The van der Waals surface area contributed by atoms with Gasteiger partial charge in [-0.2, -0.15) is 4.98 Å². The molecule has 0 fully saturated rings. The predicted molar refractivity (Wildman–Crippen MR) is 62.5 cm³/mol. The fraction of sp³-hybridized carbons (Fsp3) is 0.364. The van der Waals surface area contributed by atoms with E-state index in [0.717, 1.165) is 0 Å². The Balaban J connectivity index is 2.19. The smallest absolute Gasteiger partial charge is 0.316 e. The number of rotatable bonds is 2. The SMILES string of the molecule is CC(C)(C)NC(=O)c1nc(-c2cnccn2)no1. The van der Waals surface area contributed by atoms with Crippen molar-refractivity contribution in [3.8, 4) is 11.5 Å². The first kappa shape index (κ1) is 12.2. The van der Waals surface area contributed by atoms with Gasteiger partial charge in [-0.15, -0.1) is 0 Å². The Labute approximate surface area is 104 Å². The number of nitrogens with one attached hydrogen (secondary N) is 1. The molecule has 7 nitrogen and oxygen atoms in total. The minimum Gasteiger partial charge on any atom is -0.343 e. The first-order chi connectivity index (χ1) is 8.46.